The number of aromatic nitrogens is 2. The van der Waals surface area contributed by atoms with Crippen molar-refractivity contribution >= 4 is 23.3 Å². The van der Waals surface area contributed by atoms with E-state index < -0.39 is 10.7 Å². The molecule has 1 amide bonds. The van der Waals surface area contributed by atoms with Crippen LogP contribution in [0.3, 0.4) is 0 Å². The maximum absolute atomic E-state index is 11.8. The molecule has 9 heteroatoms. The van der Waals surface area contributed by atoms with Crippen LogP contribution in [0.25, 0.3) is 0 Å². The molecule has 8 nitrogen and oxygen atoms in total. The van der Waals surface area contributed by atoms with Crippen LogP contribution in [-0.4, -0.2) is 39.9 Å². The predicted molar refractivity (Wildman–Crippen MR) is 70.6 cm³/mol. The average Bonchev–Trinajstić information content (AvgIpc) is 3.00. The Balaban J connectivity index is 1.93. The van der Waals surface area contributed by atoms with Crippen molar-refractivity contribution in [2.24, 2.45) is 0 Å². The Morgan fingerprint density at radius 3 is 3.00 bits per heavy atom. The summed E-state index contributed by atoms with van der Waals surface area (Å²) in [6.45, 7) is 2.64. The van der Waals surface area contributed by atoms with E-state index in [-0.39, 0.29) is 23.6 Å². The summed E-state index contributed by atoms with van der Waals surface area (Å²) in [4.78, 5) is 21.8. The smallest absolute Gasteiger partial charge is 0.376 e. The van der Waals surface area contributed by atoms with Crippen molar-refractivity contribution in [3.63, 3.8) is 0 Å². The second-order valence-electron chi connectivity index (χ2n) is 4.58. The van der Waals surface area contributed by atoms with Gasteiger partial charge in [0.2, 0.25) is 5.91 Å². The number of nitrogens with zero attached hydrogens (tertiary/aromatic N) is 3. The second kappa shape index (κ2) is 6.19. The third-order valence-corrected chi connectivity index (χ3v) is 3.58. The molecule has 1 saturated heterocycles. The Hall–Kier alpha value is -1.67. The zero-order valence-electron chi connectivity index (χ0n) is 11.0. The number of hydrogen-bond donors (Lipinski definition) is 1. The number of carbonyl (C=O) groups excluding carboxylic acids is 1. The number of ether oxygens (including phenoxy) is 1. The van der Waals surface area contributed by atoms with E-state index in [1.807, 2.05) is 0 Å². The molecule has 0 unspecified atom stereocenters. The first-order valence-electron chi connectivity index (χ1n) is 6.24. The molecule has 0 saturated carbocycles. The number of halogens is 1. The number of nitrogens with one attached hydrogen (secondary N) is 1. The summed E-state index contributed by atoms with van der Waals surface area (Å²) >= 11 is 5.80. The Labute approximate surface area is 120 Å². The molecular formula is C11H15ClN4O4. The molecule has 1 aliphatic heterocycles. The molecular weight excluding hydrogens is 288 g/mol. The van der Waals surface area contributed by atoms with Crippen LogP contribution >= 0.6 is 11.6 Å². The maximum Gasteiger partial charge on any atom is 0.408 e. The normalized spacial score (nSPS) is 18.2. The molecule has 110 valence electrons. The van der Waals surface area contributed by atoms with Crippen LogP contribution in [0.2, 0.25) is 5.02 Å². The van der Waals surface area contributed by atoms with Crippen LogP contribution < -0.4 is 5.32 Å². The largest absolute Gasteiger partial charge is 0.408 e. The van der Waals surface area contributed by atoms with Gasteiger partial charge in [0.05, 0.1) is 16.9 Å². The summed E-state index contributed by atoms with van der Waals surface area (Å²) in [5.74, 6) is -0.714. The lowest BCUT2D eigenvalue weighted by Crippen LogP contribution is -2.34. The molecule has 20 heavy (non-hydrogen) atoms. The van der Waals surface area contributed by atoms with Gasteiger partial charge in [-0.15, -0.1) is 0 Å². The first-order valence-corrected chi connectivity index (χ1v) is 6.62. The molecule has 0 aromatic carbocycles. The van der Waals surface area contributed by atoms with Crippen molar-refractivity contribution < 1.29 is 14.5 Å². The van der Waals surface area contributed by atoms with Crippen LogP contribution in [0, 0.1) is 17.0 Å². The summed E-state index contributed by atoms with van der Waals surface area (Å²) in [5, 5.41) is 17.1. The minimum Gasteiger partial charge on any atom is -0.376 e. The number of carbonyl (C=O) groups is 1. The zero-order valence-corrected chi connectivity index (χ0v) is 11.7. The first kappa shape index (κ1) is 14.7. The van der Waals surface area contributed by atoms with Gasteiger partial charge in [0.25, 0.3) is 0 Å². The Bertz CT molecular complexity index is 525. The number of hydrogen-bond acceptors (Lipinski definition) is 5. The van der Waals surface area contributed by atoms with Gasteiger partial charge in [-0.05, 0) is 24.7 Å². The van der Waals surface area contributed by atoms with Crippen molar-refractivity contribution in [1.29, 1.82) is 0 Å². The summed E-state index contributed by atoms with van der Waals surface area (Å²) in [6, 6.07) is 0. The third kappa shape index (κ3) is 3.26. The quantitative estimate of drug-likeness (QED) is 0.647. The molecule has 2 heterocycles. The van der Waals surface area contributed by atoms with E-state index in [4.69, 9.17) is 16.3 Å². The highest BCUT2D eigenvalue weighted by Gasteiger charge is 2.25. The van der Waals surface area contributed by atoms with Gasteiger partial charge in [0.15, 0.2) is 5.02 Å². The Kier molecular flexibility index (Phi) is 4.56. The monoisotopic (exact) mass is 302 g/mol. The lowest BCUT2D eigenvalue weighted by Gasteiger charge is -2.10. The summed E-state index contributed by atoms with van der Waals surface area (Å²) in [7, 11) is 0. The van der Waals surface area contributed by atoms with Crippen molar-refractivity contribution in [2.45, 2.75) is 32.4 Å². The first-order chi connectivity index (χ1) is 9.49. The van der Waals surface area contributed by atoms with Crippen molar-refractivity contribution in [3.8, 4) is 0 Å². The van der Waals surface area contributed by atoms with Gasteiger partial charge >= 0.3 is 5.82 Å². The molecule has 1 atom stereocenters. The predicted octanol–water partition coefficient (Wildman–Crippen LogP) is 1.05. The van der Waals surface area contributed by atoms with Gasteiger partial charge in [0.1, 0.15) is 6.54 Å². The van der Waals surface area contributed by atoms with Crippen LogP contribution in [0.5, 0.6) is 0 Å². The van der Waals surface area contributed by atoms with E-state index in [1.54, 1.807) is 6.92 Å². The minimum atomic E-state index is -0.671. The van der Waals surface area contributed by atoms with E-state index in [2.05, 4.69) is 10.4 Å². The summed E-state index contributed by atoms with van der Waals surface area (Å²) < 4.78 is 6.61. The fourth-order valence-electron chi connectivity index (χ4n) is 2.00. The third-order valence-electron chi connectivity index (χ3n) is 3.13. The average molecular weight is 303 g/mol. The summed E-state index contributed by atoms with van der Waals surface area (Å²) in [5.41, 5.74) is 0.394. The molecule has 0 aliphatic carbocycles. The molecule has 0 radical (unpaired) electrons. The number of amides is 1. The molecule has 0 spiro atoms. The van der Waals surface area contributed by atoms with Crippen molar-refractivity contribution in [1.82, 2.24) is 15.1 Å². The van der Waals surface area contributed by atoms with E-state index in [9.17, 15) is 14.9 Å². The van der Waals surface area contributed by atoms with E-state index in [0.717, 1.165) is 19.4 Å². The molecule has 1 N–H and O–H groups in total. The van der Waals surface area contributed by atoms with Crippen molar-refractivity contribution in [3.05, 3.63) is 20.8 Å². The zero-order chi connectivity index (χ0) is 14.7. The van der Waals surface area contributed by atoms with Gasteiger partial charge < -0.3 is 20.2 Å². The highest BCUT2D eigenvalue weighted by Crippen LogP contribution is 2.26. The molecule has 2 rings (SSSR count). The van der Waals surface area contributed by atoms with Gasteiger partial charge in [-0.1, -0.05) is 11.6 Å². The lowest BCUT2D eigenvalue weighted by molar-refractivity contribution is -0.389. The topological polar surface area (TPSA) is 99.3 Å². The van der Waals surface area contributed by atoms with Crippen LogP contribution in [0.4, 0.5) is 5.82 Å². The standard InChI is InChI=1S/C11H15ClN4O4/c1-7-10(12)11(16(18)19)14-15(7)6-9(17)13-5-8-3-2-4-20-8/h8H,2-6H2,1H3,(H,13,17)/t8-/m1/s1. The molecule has 1 aromatic rings. The van der Waals surface area contributed by atoms with E-state index in [1.165, 1.54) is 4.68 Å². The Morgan fingerprint density at radius 2 is 2.45 bits per heavy atom. The molecule has 1 fully saturated rings. The number of rotatable bonds is 5. The van der Waals surface area contributed by atoms with Crippen molar-refractivity contribution in [2.75, 3.05) is 13.2 Å². The molecule has 0 bridgehead atoms. The van der Waals surface area contributed by atoms with Crippen LogP contribution in [0.1, 0.15) is 18.5 Å². The summed E-state index contributed by atoms with van der Waals surface area (Å²) in [6.07, 6.45) is 1.98. The lowest BCUT2D eigenvalue weighted by atomic mass is 10.2. The number of nitro groups is 1. The van der Waals surface area contributed by atoms with E-state index in [0.29, 0.717) is 12.2 Å². The van der Waals surface area contributed by atoms with E-state index >= 15 is 0 Å². The van der Waals surface area contributed by atoms with Crippen LogP contribution in [0.15, 0.2) is 0 Å². The molecule has 1 aliphatic rings. The minimum absolute atomic E-state index is 0.0399. The van der Waals surface area contributed by atoms with Crippen LogP contribution in [-0.2, 0) is 16.1 Å². The maximum atomic E-state index is 11.8. The van der Waals surface area contributed by atoms with Gasteiger partial charge in [-0.2, -0.15) is 4.68 Å². The highest BCUT2D eigenvalue weighted by molar-refractivity contribution is 6.33. The van der Waals surface area contributed by atoms with Gasteiger partial charge in [-0.25, -0.2) is 0 Å². The second-order valence-corrected chi connectivity index (χ2v) is 4.95. The highest BCUT2D eigenvalue weighted by atomic mass is 35.5. The fourth-order valence-corrected chi connectivity index (χ4v) is 2.21. The molecule has 1 aromatic heterocycles. The Morgan fingerprint density at radius 1 is 1.70 bits per heavy atom. The van der Waals surface area contributed by atoms with Gasteiger partial charge in [-0.3, -0.25) is 4.79 Å². The van der Waals surface area contributed by atoms with Gasteiger partial charge in [0, 0.05) is 13.2 Å². The fraction of sp³-hybridized carbons (Fsp3) is 0.636. The SMILES string of the molecule is Cc1c(Cl)c([N+](=O)[O-])nn1CC(=O)NC[C@H]1CCCO1.